The standard InChI is InChI=1S/C26H29N3O8/c30-22-12-10-19(27-22)24(33)28-20(11-13-23(31)32)25(34)29-21(26(35)36)14-16-6-8-18(9-7-16)37-15-17-4-2-1-3-5-17/h1-9,19-21H,10-15H2,(H,27,30)(H,28,33)(H,29,34)(H,31,32)(H,35,36)/t19?,20-,21-/m0/s1. The molecule has 0 bridgehead atoms. The number of hydrogen-bond acceptors (Lipinski definition) is 6. The van der Waals surface area contributed by atoms with Crippen molar-refractivity contribution in [3.8, 4) is 5.75 Å². The van der Waals surface area contributed by atoms with Crippen LogP contribution < -0.4 is 20.7 Å². The van der Waals surface area contributed by atoms with E-state index in [1.807, 2.05) is 30.3 Å². The lowest BCUT2D eigenvalue weighted by molar-refractivity contribution is -0.143. The number of amides is 3. The topological polar surface area (TPSA) is 171 Å². The molecule has 5 N–H and O–H groups in total. The van der Waals surface area contributed by atoms with Gasteiger partial charge in [0.25, 0.3) is 0 Å². The number of carbonyl (C=O) groups excluding carboxylic acids is 3. The number of rotatable bonds is 13. The Morgan fingerprint density at radius 1 is 0.946 bits per heavy atom. The summed E-state index contributed by atoms with van der Waals surface area (Å²) in [5.74, 6) is -3.62. The van der Waals surface area contributed by atoms with E-state index in [2.05, 4.69) is 16.0 Å². The van der Waals surface area contributed by atoms with Gasteiger partial charge in [0.05, 0.1) is 0 Å². The molecule has 3 atom stereocenters. The molecule has 1 fully saturated rings. The highest BCUT2D eigenvalue weighted by Crippen LogP contribution is 2.16. The van der Waals surface area contributed by atoms with Crippen molar-refractivity contribution in [3.05, 3.63) is 65.7 Å². The molecule has 2 aromatic rings. The molecule has 1 saturated heterocycles. The van der Waals surface area contributed by atoms with Crippen molar-refractivity contribution in [2.24, 2.45) is 0 Å². The van der Waals surface area contributed by atoms with Crippen LogP contribution in [0.5, 0.6) is 5.75 Å². The molecule has 1 aliphatic heterocycles. The monoisotopic (exact) mass is 511 g/mol. The molecule has 11 heteroatoms. The van der Waals surface area contributed by atoms with Gasteiger partial charge >= 0.3 is 11.9 Å². The third kappa shape index (κ3) is 8.64. The van der Waals surface area contributed by atoms with Crippen molar-refractivity contribution in [2.45, 2.75) is 56.8 Å². The zero-order chi connectivity index (χ0) is 26.8. The lowest BCUT2D eigenvalue weighted by Crippen LogP contribution is -2.55. The second-order valence-electron chi connectivity index (χ2n) is 8.67. The number of benzene rings is 2. The van der Waals surface area contributed by atoms with Crippen LogP contribution in [-0.2, 0) is 37.0 Å². The number of nitrogens with one attached hydrogen (secondary N) is 3. The maximum Gasteiger partial charge on any atom is 0.326 e. The predicted molar refractivity (Wildman–Crippen MR) is 130 cm³/mol. The molecule has 0 aliphatic carbocycles. The summed E-state index contributed by atoms with van der Waals surface area (Å²) < 4.78 is 5.73. The Morgan fingerprint density at radius 2 is 1.65 bits per heavy atom. The van der Waals surface area contributed by atoms with Crippen molar-refractivity contribution >= 4 is 29.7 Å². The van der Waals surface area contributed by atoms with Crippen LogP contribution in [0.15, 0.2) is 54.6 Å². The summed E-state index contributed by atoms with van der Waals surface area (Å²) in [5.41, 5.74) is 1.62. The second-order valence-corrected chi connectivity index (χ2v) is 8.67. The van der Waals surface area contributed by atoms with Gasteiger partial charge in [-0.3, -0.25) is 19.2 Å². The normalized spacial score (nSPS) is 16.2. The minimum Gasteiger partial charge on any atom is -0.489 e. The highest BCUT2D eigenvalue weighted by molar-refractivity contribution is 5.95. The van der Waals surface area contributed by atoms with E-state index < -0.39 is 48.3 Å². The predicted octanol–water partition coefficient (Wildman–Crippen LogP) is 1.01. The van der Waals surface area contributed by atoms with E-state index in [9.17, 15) is 29.1 Å². The van der Waals surface area contributed by atoms with Gasteiger partial charge in [-0.15, -0.1) is 0 Å². The van der Waals surface area contributed by atoms with Crippen molar-refractivity contribution in [3.63, 3.8) is 0 Å². The summed E-state index contributed by atoms with van der Waals surface area (Å²) in [6, 6.07) is 12.9. The van der Waals surface area contributed by atoms with Gasteiger partial charge in [0, 0.05) is 19.3 Å². The molecule has 1 heterocycles. The zero-order valence-electron chi connectivity index (χ0n) is 20.0. The van der Waals surface area contributed by atoms with E-state index in [1.54, 1.807) is 24.3 Å². The molecule has 37 heavy (non-hydrogen) atoms. The minimum atomic E-state index is -1.32. The summed E-state index contributed by atoms with van der Waals surface area (Å²) in [6.45, 7) is 0.377. The molecule has 0 saturated carbocycles. The number of ether oxygens (including phenoxy) is 1. The van der Waals surface area contributed by atoms with E-state index in [0.29, 0.717) is 17.9 Å². The smallest absolute Gasteiger partial charge is 0.326 e. The largest absolute Gasteiger partial charge is 0.489 e. The molecule has 0 spiro atoms. The van der Waals surface area contributed by atoms with Gasteiger partial charge in [-0.2, -0.15) is 0 Å². The summed E-state index contributed by atoms with van der Waals surface area (Å²) >= 11 is 0. The van der Waals surface area contributed by atoms with Crippen LogP contribution in [0.25, 0.3) is 0 Å². The fourth-order valence-corrected chi connectivity index (χ4v) is 3.79. The average Bonchev–Trinajstić information content (AvgIpc) is 3.32. The van der Waals surface area contributed by atoms with Crippen molar-refractivity contribution in [2.75, 3.05) is 0 Å². The maximum absolute atomic E-state index is 12.9. The van der Waals surface area contributed by atoms with E-state index >= 15 is 0 Å². The van der Waals surface area contributed by atoms with Crippen LogP contribution in [0.2, 0.25) is 0 Å². The summed E-state index contributed by atoms with van der Waals surface area (Å²) in [4.78, 5) is 59.6. The van der Waals surface area contributed by atoms with E-state index in [4.69, 9.17) is 9.84 Å². The van der Waals surface area contributed by atoms with Gasteiger partial charge in [0.2, 0.25) is 17.7 Å². The molecule has 0 radical (unpaired) electrons. The number of carboxylic acid groups (broad SMARTS) is 2. The minimum absolute atomic E-state index is 0.0433. The number of aliphatic carboxylic acids is 2. The van der Waals surface area contributed by atoms with Gasteiger partial charge < -0.3 is 30.9 Å². The quantitative estimate of drug-likeness (QED) is 0.265. The van der Waals surface area contributed by atoms with E-state index in [0.717, 1.165) is 5.56 Å². The van der Waals surface area contributed by atoms with Crippen molar-refractivity contribution in [1.82, 2.24) is 16.0 Å². The summed E-state index contributed by atoms with van der Waals surface area (Å²) in [5, 5.41) is 26.0. The van der Waals surface area contributed by atoms with Crippen LogP contribution in [0.4, 0.5) is 0 Å². The first-order valence-corrected chi connectivity index (χ1v) is 11.8. The lowest BCUT2D eigenvalue weighted by atomic mass is 10.0. The molecule has 3 amide bonds. The van der Waals surface area contributed by atoms with Gasteiger partial charge in [0.1, 0.15) is 30.5 Å². The molecule has 196 valence electrons. The fraction of sp³-hybridized carbons (Fsp3) is 0.346. The second kappa shape index (κ2) is 13.1. The van der Waals surface area contributed by atoms with Crippen LogP contribution in [0, 0.1) is 0 Å². The van der Waals surface area contributed by atoms with Gasteiger partial charge in [-0.1, -0.05) is 42.5 Å². The Morgan fingerprint density at radius 3 is 2.24 bits per heavy atom. The lowest BCUT2D eigenvalue weighted by Gasteiger charge is -2.22. The highest BCUT2D eigenvalue weighted by Gasteiger charge is 2.32. The number of hydrogen-bond donors (Lipinski definition) is 5. The maximum atomic E-state index is 12.9. The molecule has 2 aromatic carbocycles. The van der Waals surface area contributed by atoms with Gasteiger partial charge in [0.15, 0.2) is 0 Å². The Hall–Kier alpha value is -4.41. The summed E-state index contributed by atoms with van der Waals surface area (Å²) in [7, 11) is 0. The average molecular weight is 512 g/mol. The van der Waals surface area contributed by atoms with Gasteiger partial charge in [-0.25, -0.2) is 4.79 Å². The first-order chi connectivity index (χ1) is 17.7. The first-order valence-electron chi connectivity index (χ1n) is 11.8. The fourth-order valence-electron chi connectivity index (χ4n) is 3.79. The SMILES string of the molecule is O=C(O)CC[C@H](NC(=O)C1CCC(=O)N1)C(=O)N[C@@H](Cc1ccc(OCc2ccccc2)cc1)C(=O)O. The van der Waals surface area contributed by atoms with E-state index in [-0.39, 0.29) is 31.6 Å². The highest BCUT2D eigenvalue weighted by atomic mass is 16.5. The van der Waals surface area contributed by atoms with E-state index in [1.165, 1.54) is 0 Å². The van der Waals surface area contributed by atoms with Gasteiger partial charge in [-0.05, 0) is 36.1 Å². The number of carboxylic acids is 2. The number of carbonyl (C=O) groups is 5. The zero-order valence-corrected chi connectivity index (χ0v) is 20.0. The van der Waals surface area contributed by atoms with Crippen LogP contribution in [0.3, 0.4) is 0 Å². The molecular weight excluding hydrogens is 482 g/mol. The Balaban J connectivity index is 1.60. The summed E-state index contributed by atoms with van der Waals surface area (Å²) in [6.07, 6.45) is -0.286. The molecular formula is C26H29N3O8. The molecule has 3 rings (SSSR count). The third-order valence-electron chi connectivity index (χ3n) is 5.82. The van der Waals surface area contributed by atoms with Crippen molar-refractivity contribution < 1.29 is 38.9 Å². The first kappa shape index (κ1) is 27.2. The van der Waals surface area contributed by atoms with Crippen LogP contribution in [0.1, 0.15) is 36.8 Å². The van der Waals surface area contributed by atoms with Crippen LogP contribution in [-0.4, -0.2) is 58.0 Å². The molecule has 1 aliphatic rings. The third-order valence-corrected chi connectivity index (χ3v) is 5.82. The van der Waals surface area contributed by atoms with Crippen LogP contribution >= 0.6 is 0 Å². The Bertz CT molecular complexity index is 1120. The Kier molecular flexibility index (Phi) is 9.59. The Labute approximate surface area is 213 Å². The van der Waals surface area contributed by atoms with Crippen molar-refractivity contribution in [1.29, 1.82) is 0 Å². The molecule has 11 nitrogen and oxygen atoms in total. The molecule has 0 aromatic heterocycles. The molecule has 1 unspecified atom stereocenters.